The number of carbonyl (C=O) groups excluding carboxylic acids is 2. The zero-order valence-corrected chi connectivity index (χ0v) is 18.8. The van der Waals surface area contributed by atoms with Crippen LogP contribution >= 0.6 is 0 Å². The first-order chi connectivity index (χ1) is 15.0. The lowest BCUT2D eigenvalue weighted by Crippen LogP contribution is -2.44. The van der Waals surface area contributed by atoms with E-state index in [0.717, 1.165) is 49.6 Å². The number of nitrogens with one attached hydrogen (secondary N) is 1. The van der Waals surface area contributed by atoms with Gasteiger partial charge in [-0.1, -0.05) is 6.92 Å². The van der Waals surface area contributed by atoms with Crippen LogP contribution in [0.4, 0.5) is 11.4 Å². The molecule has 1 heterocycles. The quantitative estimate of drug-likeness (QED) is 0.615. The highest BCUT2D eigenvalue weighted by atomic mass is 16.5. The fourth-order valence-corrected chi connectivity index (χ4v) is 3.69. The molecule has 2 aromatic rings. The van der Waals surface area contributed by atoms with E-state index in [4.69, 9.17) is 4.74 Å². The van der Waals surface area contributed by atoms with E-state index in [1.165, 1.54) is 5.69 Å². The van der Waals surface area contributed by atoms with E-state index in [2.05, 4.69) is 35.2 Å². The Morgan fingerprint density at radius 3 is 2.35 bits per heavy atom. The lowest BCUT2D eigenvalue weighted by molar-refractivity contribution is -0.116. The highest BCUT2D eigenvalue weighted by molar-refractivity contribution is 6.00. The summed E-state index contributed by atoms with van der Waals surface area (Å²) in [6.45, 7) is 8.91. The summed E-state index contributed by atoms with van der Waals surface area (Å²) in [5.41, 5.74) is 3.73. The molecule has 1 amide bonds. The highest BCUT2D eigenvalue weighted by Gasteiger charge is 2.16. The van der Waals surface area contributed by atoms with Crippen molar-refractivity contribution >= 4 is 23.1 Å². The van der Waals surface area contributed by atoms with Crippen molar-refractivity contribution in [1.82, 2.24) is 4.90 Å². The van der Waals surface area contributed by atoms with Crippen molar-refractivity contribution in [2.75, 3.05) is 50.1 Å². The van der Waals surface area contributed by atoms with Crippen LogP contribution in [0.1, 0.15) is 42.1 Å². The maximum Gasteiger partial charge on any atom is 0.224 e. The predicted octanol–water partition coefficient (Wildman–Crippen LogP) is 4.14. The van der Waals surface area contributed by atoms with E-state index in [-0.39, 0.29) is 24.5 Å². The van der Waals surface area contributed by atoms with Gasteiger partial charge in [0, 0.05) is 56.0 Å². The van der Waals surface area contributed by atoms with Crippen molar-refractivity contribution < 1.29 is 14.3 Å². The van der Waals surface area contributed by atoms with Gasteiger partial charge in [0.05, 0.1) is 6.61 Å². The summed E-state index contributed by atoms with van der Waals surface area (Å²) in [5.74, 6) is 0.563. The standard InChI is InChI=1S/C25H33N3O3/c1-4-17-31-22-8-5-20(6-9-22)24(29)11-12-25(30)26-21-7-10-23(19(2)18-21)28-15-13-27(3)14-16-28/h5-10,18H,4,11-17H2,1-3H3,(H,26,30). The second-order valence-corrected chi connectivity index (χ2v) is 8.14. The van der Waals surface area contributed by atoms with Crippen molar-refractivity contribution in [2.24, 2.45) is 0 Å². The number of piperazine rings is 1. The van der Waals surface area contributed by atoms with Gasteiger partial charge in [0.25, 0.3) is 0 Å². The summed E-state index contributed by atoms with van der Waals surface area (Å²) >= 11 is 0. The van der Waals surface area contributed by atoms with Crippen LogP contribution in [0.3, 0.4) is 0 Å². The first kappa shape index (κ1) is 22.8. The minimum Gasteiger partial charge on any atom is -0.494 e. The van der Waals surface area contributed by atoms with Crippen LogP contribution < -0.4 is 15.0 Å². The molecule has 1 aliphatic heterocycles. The van der Waals surface area contributed by atoms with Crippen LogP contribution in [-0.4, -0.2) is 56.4 Å². The Morgan fingerprint density at radius 2 is 1.71 bits per heavy atom. The van der Waals surface area contributed by atoms with E-state index in [1.807, 2.05) is 19.1 Å². The van der Waals surface area contributed by atoms with E-state index in [1.54, 1.807) is 24.3 Å². The monoisotopic (exact) mass is 423 g/mol. The molecule has 1 fully saturated rings. The van der Waals surface area contributed by atoms with Gasteiger partial charge in [0.1, 0.15) is 5.75 Å². The Kier molecular flexibility index (Phi) is 8.06. The molecule has 1 N–H and O–H groups in total. The van der Waals surface area contributed by atoms with E-state index in [0.29, 0.717) is 12.2 Å². The SMILES string of the molecule is CCCOc1ccc(C(=O)CCC(=O)Nc2ccc(N3CCN(C)CC3)c(C)c2)cc1. The second kappa shape index (κ2) is 11.0. The van der Waals surface area contributed by atoms with Crippen LogP contribution in [0, 0.1) is 6.92 Å². The molecule has 0 aliphatic carbocycles. The number of likely N-dealkylation sites (N-methyl/N-ethyl adjacent to an activating group) is 1. The zero-order valence-electron chi connectivity index (χ0n) is 18.8. The first-order valence-electron chi connectivity index (χ1n) is 11.1. The van der Waals surface area contributed by atoms with Gasteiger partial charge < -0.3 is 19.9 Å². The average Bonchev–Trinajstić information content (AvgIpc) is 2.77. The Morgan fingerprint density at radius 1 is 1.00 bits per heavy atom. The van der Waals surface area contributed by atoms with Crippen LogP contribution in [0.15, 0.2) is 42.5 Å². The number of anilines is 2. The van der Waals surface area contributed by atoms with Gasteiger partial charge in [-0.25, -0.2) is 0 Å². The molecule has 166 valence electrons. The fraction of sp³-hybridized carbons (Fsp3) is 0.440. The Bertz CT molecular complexity index is 887. The number of nitrogens with zero attached hydrogens (tertiary/aromatic N) is 2. The molecule has 1 aliphatic rings. The van der Waals surface area contributed by atoms with E-state index >= 15 is 0 Å². The maximum absolute atomic E-state index is 12.4. The molecule has 0 bridgehead atoms. The Balaban J connectivity index is 1.49. The summed E-state index contributed by atoms with van der Waals surface area (Å²) in [5, 5.41) is 2.92. The third-order valence-corrected chi connectivity index (χ3v) is 5.55. The van der Waals surface area contributed by atoms with Crippen LogP contribution in [0.2, 0.25) is 0 Å². The van der Waals surface area contributed by atoms with Gasteiger partial charge in [0.2, 0.25) is 5.91 Å². The number of carbonyl (C=O) groups is 2. The summed E-state index contributed by atoms with van der Waals surface area (Å²) in [4.78, 5) is 29.5. The maximum atomic E-state index is 12.4. The van der Waals surface area contributed by atoms with Gasteiger partial charge in [-0.2, -0.15) is 0 Å². The molecular formula is C25H33N3O3. The molecule has 0 unspecified atom stereocenters. The van der Waals surface area contributed by atoms with Gasteiger partial charge >= 0.3 is 0 Å². The van der Waals surface area contributed by atoms with Crippen molar-refractivity contribution in [2.45, 2.75) is 33.1 Å². The van der Waals surface area contributed by atoms with Crippen LogP contribution in [0.5, 0.6) is 5.75 Å². The van der Waals surface area contributed by atoms with Crippen LogP contribution in [-0.2, 0) is 4.79 Å². The molecule has 3 rings (SSSR count). The van der Waals surface area contributed by atoms with E-state index < -0.39 is 0 Å². The van der Waals surface area contributed by atoms with Gasteiger partial charge in [0.15, 0.2) is 5.78 Å². The van der Waals surface area contributed by atoms with Gasteiger partial charge in [-0.05, 0) is 68.4 Å². The molecule has 0 saturated carbocycles. The lowest BCUT2D eigenvalue weighted by atomic mass is 10.1. The summed E-state index contributed by atoms with van der Waals surface area (Å²) < 4.78 is 5.54. The number of benzene rings is 2. The topological polar surface area (TPSA) is 61.9 Å². The number of ketones is 1. The molecule has 31 heavy (non-hydrogen) atoms. The van der Waals surface area contributed by atoms with Crippen molar-refractivity contribution in [3.8, 4) is 5.75 Å². The van der Waals surface area contributed by atoms with E-state index in [9.17, 15) is 9.59 Å². The third-order valence-electron chi connectivity index (χ3n) is 5.55. The first-order valence-corrected chi connectivity index (χ1v) is 11.1. The average molecular weight is 424 g/mol. The second-order valence-electron chi connectivity index (χ2n) is 8.14. The van der Waals surface area contributed by atoms with Gasteiger partial charge in [-0.3, -0.25) is 9.59 Å². The number of hydrogen-bond donors (Lipinski definition) is 1. The molecule has 6 heteroatoms. The van der Waals surface area contributed by atoms with Gasteiger partial charge in [-0.15, -0.1) is 0 Å². The molecule has 0 radical (unpaired) electrons. The Labute approximate surface area is 185 Å². The number of amides is 1. The number of rotatable bonds is 9. The summed E-state index contributed by atoms with van der Waals surface area (Å²) in [6.07, 6.45) is 1.28. The molecule has 0 aromatic heterocycles. The molecule has 6 nitrogen and oxygen atoms in total. The lowest BCUT2D eigenvalue weighted by Gasteiger charge is -2.35. The van der Waals surface area contributed by atoms with Crippen LogP contribution in [0.25, 0.3) is 0 Å². The number of ether oxygens (including phenoxy) is 1. The molecule has 2 aromatic carbocycles. The van der Waals surface area contributed by atoms with Crippen molar-refractivity contribution in [1.29, 1.82) is 0 Å². The fourth-order valence-electron chi connectivity index (χ4n) is 3.69. The summed E-state index contributed by atoms with van der Waals surface area (Å²) in [6, 6.07) is 13.1. The molecule has 1 saturated heterocycles. The minimum atomic E-state index is -0.150. The largest absolute Gasteiger partial charge is 0.494 e. The molecule has 0 spiro atoms. The van der Waals surface area contributed by atoms with Crippen molar-refractivity contribution in [3.05, 3.63) is 53.6 Å². The number of aryl methyl sites for hydroxylation is 1. The predicted molar refractivity (Wildman–Crippen MR) is 125 cm³/mol. The summed E-state index contributed by atoms with van der Waals surface area (Å²) in [7, 11) is 2.14. The van der Waals surface area contributed by atoms with Crippen molar-refractivity contribution in [3.63, 3.8) is 0 Å². The number of hydrogen-bond acceptors (Lipinski definition) is 5. The molecular weight excluding hydrogens is 390 g/mol. The zero-order chi connectivity index (χ0) is 22.2. The molecule has 0 atom stereocenters. The third kappa shape index (κ3) is 6.56. The normalized spacial score (nSPS) is 14.4. The smallest absolute Gasteiger partial charge is 0.224 e. The number of Topliss-reactive ketones (excluding diaryl/α,β-unsaturated/α-hetero) is 1. The minimum absolute atomic E-state index is 0.0428. The Hall–Kier alpha value is -2.86. The highest BCUT2D eigenvalue weighted by Crippen LogP contribution is 2.25.